The quantitative estimate of drug-likeness (QED) is 0.300. The number of anilines is 1. The predicted octanol–water partition coefficient (Wildman–Crippen LogP) is 3.96. The van der Waals surface area contributed by atoms with Gasteiger partial charge in [0.1, 0.15) is 16.9 Å². The molecule has 0 radical (unpaired) electrons. The van der Waals surface area contributed by atoms with E-state index < -0.39 is 11.7 Å². The van der Waals surface area contributed by atoms with E-state index in [9.17, 15) is 9.59 Å². The Hall–Kier alpha value is -3.41. The van der Waals surface area contributed by atoms with Crippen LogP contribution in [0.2, 0.25) is 0 Å². The molecule has 35 heavy (non-hydrogen) atoms. The van der Waals surface area contributed by atoms with Crippen LogP contribution in [-0.2, 0) is 11.3 Å². The van der Waals surface area contributed by atoms with Crippen LogP contribution in [-0.4, -0.2) is 55.5 Å². The predicted molar refractivity (Wildman–Crippen MR) is 137 cm³/mol. The lowest BCUT2D eigenvalue weighted by Crippen LogP contribution is -2.35. The van der Waals surface area contributed by atoms with Crippen molar-refractivity contribution in [2.24, 2.45) is 0 Å². The molecule has 3 rings (SSSR count). The zero-order valence-electron chi connectivity index (χ0n) is 20.5. The first-order valence-electron chi connectivity index (χ1n) is 11.6. The highest BCUT2D eigenvalue weighted by atomic mass is 32.1. The van der Waals surface area contributed by atoms with Crippen molar-refractivity contribution in [3.63, 3.8) is 0 Å². The van der Waals surface area contributed by atoms with Gasteiger partial charge in [0.2, 0.25) is 0 Å². The molecule has 0 fully saturated rings. The number of rotatable bonds is 9. The standard InChI is InChI=1S/C23H32N8O3S/c1-5-6-7-10-24-21(32)31(35)19-9-8-17-20(29-19)28-18(14-26-17)16-13-27-30(15-16)12-11-25-22(33)34-23(2,3)4/h8-9,13-15,35H,5-7,10-12H2,1-4H3,(H,24,32)(H,25,33). The SMILES string of the molecule is CCCCCNC(=O)N(S)c1ccc2ncc(-c3cnn(CCNC(=O)OC(C)(C)C)c3)nc2n1. The van der Waals surface area contributed by atoms with E-state index in [1.807, 2.05) is 27.0 Å². The molecule has 3 amide bonds. The molecule has 0 aliphatic rings. The van der Waals surface area contributed by atoms with Gasteiger partial charge in [0, 0.05) is 24.8 Å². The molecule has 0 aliphatic heterocycles. The summed E-state index contributed by atoms with van der Waals surface area (Å²) in [5.41, 5.74) is 1.77. The molecule has 0 saturated carbocycles. The van der Waals surface area contributed by atoms with Crippen molar-refractivity contribution >= 4 is 41.9 Å². The molecule has 0 bridgehead atoms. The third-order valence-corrected chi connectivity index (χ3v) is 5.18. The first kappa shape index (κ1) is 26.2. The van der Waals surface area contributed by atoms with Crippen molar-refractivity contribution in [1.29, 1.82) is 0 Å². The Morgan fingerprint density at radius 1 is 1.11 bits per heavy atom. The minimum atomic E-state index is -0.548. The number of nitrogens with one attached hydrogen (secondary N) is 2. The minimum Gasteiger partial charge on any atom is -0.444 e. The molecule has 3 aromatic heterocycles. The van der Waals surface area contributed by atoms with E-state index >= 15 is 0 Å². The summed E-state index contributed by atoms with van der Waals surface area (Å²) in [6.07, 6.45) is 7.69. The van der Waals surface area contributed by atoms with Crippen LogP contribution in [0.3, 0.4) is 0 Å². The van der Waals surface area contributed by atoms with Crippen molar-refractivity contribution in [3.8, 4) is 11.3 Å². The van der Waals surface area contributed by atoms with Gasteiger partial charge in [0.05, 0.1) is 24.6 Å². The highest BCUT2D eigenvalue weighted by Crippen LogP contribution is 2.21. The average Bonchev–Trinajstić information content (AvgIpc) is 3.28. The van der Waals surface area contributed by atoms with Crippen LogP contribution >= 0.6 is 12.8 Å². The number of hydrogen-bond acceptors (Lipinski definition) is 8. The third kappa shape index (κ3) is 7.81. The van der Waals surface area contributed by atoms with Gasteiger partial charge < -0.3 is 15.4 Å². The number of nitrogens with zero attached hydrogens (tertiary/aromatic N) is 6. The molecule has 0 saturated heterocycles. The van der Waals surface area contributed by atoms with Gasteiger partial charge >= 0.3 is 12.1 Å². The van der Waals surface area contributed by atoms with Gasteiger partial charge in [-0.3, -0.25) is 9.67 Å². The lowest BCUT2D eigenvalue weighted by molar-refractivity contribution is 0.0525. The molecule has 188 valence electrons. The van der Waals surface area contributed by atoms with Crippen LogP contribution < -0.4 is 14.9 Å². The maximum atomic E-state index is 12.3. The van der Waals surface area contributed by atoms with Crippen molar-refractivity contribution in [2.45, 2.75) is 59.1 Å². The number of pyridine rings is 1. The van der Waals surface area contributed by atoms with Crippen LogP contribution in [0.1, 0.15) is 47.0 Å². The van der Waals surface area contributed by atoms with Gasteiger partial charge in [-0.05, 0) is 39.3 Å². The molecule has 0 atom stereocenters. The van der Waals surface area contributed by atoms with Gasteiger partial charge in [-0.25, -0.2) is 23.9 Å². The number of amides is 3. The normalized spacial score (nSPS) is 11.3. The van der Waals surface area contributed by atoms with Crippen molar-refractivity contribution < 1.29 is 14.3 Å². The van der Waals surface area contributed by atoms with Crippen LogP contribution in [0.15, 0.2) is 30.7 Å². The maximum Gasteiger partial charge on any atom is 0.407 e. The van der Waals surface area contributed by atoms with E-state index in [0.717, 1.165) is 29.1 Å². The molecule has 2 N–H and O–H groups in total. The Morgan fingerprint density at radius 3 is 2.66 bits per heavy atom. The topological polar surface area (TPSA) is 127 Å². The number of alkyl carbamates (subject to hydrolysis) is 1. The second-order valence-electron chi connectivity index (χ2n) is 8.94. The summed E-state index contributed by atoms with van der Waals surface area (Å²) in [4.78, 5) is 37.6. The number of fused-ring (bicyclic) bond motifs is 1. The fraction of sp³-hybridized carbons (Fsp3) is 0.478. The Labute approximate surface area is 210 Å². The van der Waals surface area contributed by atoms with Crippen molar-refractivity contribution in [2.75, 3.05) is 17.4 Å². The van der Waals surface area contributed by atoms with Crippen molar-refractivity contribution in [3.05, 3.63) is 30.7 Å². The van der Waals surface area contributed by atoms with Crippen LogP contribution in [0.5, 0.6) is 0 Å². The van der Waals surface area contributed by atoms with E-state index in [-0.39, 0.29) is 6.03 Å². The van der Waals surface area contributed by atoms with E-state index in [4.69, 9.17) is 4.74 Å². The fourth-order valence-corrected chi connectivity index (χ4v) is 3.28. The van der Waals surface area contributed by atoms with Gasteiger partial charge in [0.25, 0.3) is 0 Å². The fourth-order valence-electron chi connectivity index (χ4n) is 3.10. The zero-order chi connectivity index (χ0) is 25.4. The number of carbonyl (C=O) groups is 2. The minimum absolute atomic E-state index is 0.346. The second-order valence-corrected chi connectivity index (χ2v) is 9.34. The van der Waals surface area contributed by atoms with Gasteiger partial charge in [-0.1, -0.05) is 32.6 Å². The Bertz CT molecular complexity index is 1160. The summed E-state index contributed by atoms with van der Waals surface area (Å²) < 4.78 is 8.08. The summed E-state index contributed by atoms with van der Waals surface area (Å²) >= 11 is 4.29. The number of ether oxygens (including phenoxy) is 1. The Balaban J connectivity index is 1.64. The Morgan fingerprint density at radius 2 is 1.91 bits per heavy atom. The summed E-state index contributed by atoms with van der Waals surface area (Å²) in [6.45, 7) is 8.95. The third-order valence-electron chi connectivity index (χ3n) is 4.80. The summed E-state index contributed by atoms with van der Waals surface area (Å²) in [5, 5.41) is 9.85. The Kier molecular flexibility index (Phi) is 8.85. The molecule has 0 aliphatic carbocycles. The molecular formula is C23H32N8O3S. The van der Waals surface area contributed by atoms with E-state index in [0.29, 0.717) is 42.3 Å². The average molecular weight is 501 g/mol. The molecule has 11 nitrogen and oxygen atoms in total. The van der Waals surface area contributed by atoms with E-state index in [1.165, 1.54) is 0 Å². The monoisotopic (exact) mass is 500 g/mol. The van der Waals surface area contributed by atoms with Gasteiger partial charge in [-0.2, -0.15) is 5.10 Å². The first-order valence-corrected chi connectivity index (χ1v) is 12.0. The van der Waals surface area contributed by atoms with E-state index in [1.54, 1.807) is 29.2 Å². The van der Waals surface area contributed by atoms with Gasteiger partial charge in [-0.15, -0.1) is 0 Å². The summed E-state index contributed by atoms with van der Waals surface area (Å²) in [7, 11) is 0. The lowest BCUT2D eigenvalue weighted by atomic mass is 10.2. The zero-order valence-corrected chi connectivity index (χ0v) is 21.4. The maximum absolute atomic E-state index is 12.3. The number of unbranched alkanes of at least 4 members (excludes halogenated alkanes) is 2. The van der Waals surface area contributed by atoms with Crippen LogP contribution in [0.4, 0.5) is 15.4 Å². The number of aromatic nitrogens is 5. The van der Waals surface area contributed by atoms with Crippen LogP contribution in [0, 0.1) is 0 Å². The van der Waals surface area contributed by atoms with Crippen LogP contribution in [0.25, 0.3) is 22.4 Å². The lowest BCUT2D eigenvalue weighted by Gasteiger charge is -2.19. The van der Waals surface area contributed by atoms with E-state index in [2.05, 4.69) is 50.4 Å². The van der Waals surface area contributed by atoms with Gasteiger partial charge in [0.15, 0.2) is 5.65 Å². The number of urea groups is 1. The second kappa shape index (κ2) is 11.8. The highest BCUT2D eigenvalue weighted by molar-refractivity contribution is 7.82. The molecule has 0 unspecified atom stereocenters. The molecule has 0 spiro atoms. The summed E-state index contributed by atoms with van der Waals surface area (Å²) in [6, 6.07) is 3.07. The molecule has 3 heterocycles. The largest absolute Gasteiger partial charge is 0.444 e. The smallest absolute Gasteiger partial charge is 0.407 e. The number of carbonyl (C=O) groups excluding carboxylic acids is 2. The molecule has 12 heteroatoms. The van der Waals surface area contributed by atoms with Crippen molar-refractivity contribution in [1.82, 2.24) is 35.4 Å². The number of thiol groups is 1. The number of hydrogen-bond donors (Lipinski definition) is 3. The molecular weight excluding hydrogens is 468 g/mol. The summed E-state index contributed by atoms with van der Waals surface area (Å²) in [5.74, 6) is 0.351. The molecule has 0 aromatic carbocycles. The highest BCUT2D eigenvalue weighted by Gasteiger charge is 2.16. The molecule has 3 aromatic rings. The first-order chi connectivity index (χ1) is 16.7.